The first-order valence-electron chi connectivity index (χ1n) is 7.69. The number of para-hydroxylation sites is 1. The van der Waals surface area contributed by atoms with E-state index >= 15 is 0 Å². The third kappa shape index (κ3) is 4.90. The molecule has 0 saturated carbocycles. The van der Waals surface area contributed by atoms with Crippen LogP contribution in [0.5, 0.6) is 11.5 Å². The van der Waals surface area contributed by atoms with E-state index in [1.165, 1.54) is 6.07 Å². The molecule has 2 aromatic rings. The van der Waals surface area contributed by atoms with E-state index in [9.17, 15) is 4.39 Å². The van der Waals surface area contributed by atoms with Crippen LogP contribution in [0.15, 0.2) is 47.6 Å². The summed E-state index contributed by atoms with van der Waals surface area (Å²) < 4.78 is 24.2. The average molecular weight is 361 g/mol. The van der Waals surface area contributed by atoms with Gasteiger partial charge in [0.1, 0.15) is 5.82 Å². The molecule has 2 aromatic carbocycles. The largest absolute Gasteiger partial charge is 0.493 e. The lowest BCUT2D eigenvalue weighted by Gasteiger charge is -2.12. The molecule has 0 amide bonds. The van der Waals surface area contributed by atoms with Crippen LogP contribution in [0.1, 0.15) is 18.9 Å². The van der Waals surface area contributed by atoms with Crippen molar-refractivity contribution in [2.45, 2.75) is 13.3 Å². The number of rotatable bonds is 6. The standard InChI is InChI=1S/C18H20FN3O2S/c1-4-14(12-9-10-16(23-2)17(11-12)24-3)21-22-18(25)20-15-8-6-5-7-13(15)19/h5-11H,4H2,1-3H3,(H2,20,22,25)/b21-14+. The smallest absolute Gasteiger partial charge is 0.191 e. The van der Waals surface area contributed by atoms with Gasteiger partial charge in [0.25, 0.3) is 0 Å². The molecule has 0 atom stereocenters. The van der Waals surface area contributed by atoms with Crippen molar-refractivity contribution in [1.29, 1.82) is 0 Å². The Morgan fingerprint density at radius 3 is 2.48 bits per heavy atom. The lowest BCUT2D eigenvalue weighted by molar-refractivity contribution is 0.355. The van der Waals surface area contributed by atoms with Gasteiger partial charge in [-0.05, 0) is 49.0 Å². The summed E-state index contributed by atoms with van der Waals surface area (Å²) in [5.41, 5.74) is 4.69. The van der Waals surface area contributed by atoms with Gasteiger partial charge in [-0.3, -0.25) is 5.43 Å². The van der Waals surface area contributed by atoms with Gasteiger partial charge in [0.2, 0.25) is 0 Å². The van der Waals surface area contributed by atoms with Crippen molar-refractivity contribution in [1.82, 2.24) is 5.43 Å². The first kappa shape index (κ1) is 18.7. The fourth-order valence-corrected chi connectivity index (χ4v) is 2.35. The highest BCUT2D eigenvalue weighted by molar-refractivity contribution is 7.80. The molecular weight excluding hydrogens is 341 g/mol. The number of thiocarbonyl (C=S) groups is 1. The number of anilines is 1. The molecular formula is C18H20FN3O2S. The Balaban J connectivity index is 2.12. The van der Waals surface area contributed by atoms with E-state index in [2.05, 4.69) is 15.8 Å². The molecule has 0 saturated heterocycles. The minimum atomic E-state index is -0.383. The zero-order valence-electron chi connectivity index (χ0n) is 14.3. The van der Waals surface area contributed by atoms with Crippen molar-refractivity contribution < 1.29 is 13.9 Å². The van der Waals surface area contributed by atoms with E-state index in [0.717, 1.165) is 11.3 Å². The molecule has 0 aromatic heterocycles. The summed E-state index contributed by atoms with van der Waals surface area (Å²) in [7, 11) is 3.16. The average Bonchev–Trinajstić information content (AvgIpc) is 2.64. The molecule has 0 spiro atoms. The lowest BCUT2D eigenvalue weighted by atomic mass is 10.1. The van der Waals surface area contributed by atoms with Gasteiger partial charge in [-0.25, -0.2) is 4.39 Å². The van der Waals surface area contributed by atoms with Gasteiger partial charge in [0, 0.05) is 5.56 Å². The molecule has 0 bridgehead atoms. The second-order valence-corrected chi connectivity index (χ2v) is 5.44. The van der Waals surface area contributed by atoms with E-state index in [-0.39, 0.29) is 10.9 Å². The predicted octanol–water partition coefficient (Wildman–Crippen LogP) is 3.94. The second-order valence-electron chi connectivity index (χ2n) is 5.03. The predicted molar refractivity (Wildman–Crippen MR) is 102 cm³/mol. The van der Waals surface area contributed by atoms with Crippen LogP contribution in [0.2, 0.25) is 0 Å². The zero-order valence-corrected chi connectivity index (χ0v) is 15.1. The molecule has 25 heavy (non-hydrogen) atoms. The SMILES string of the molecule is CC/C(=N\NC(=S)Nc1ccccc1F)c1ccc(OC)c(OC)c1. The van der Waals surface area contributed by atoms with Crippen LogP contribution < -0.4 is 20.2 Å². The van der Waals surface area contributed by atoms with Crippen molar-refractivity contribution in [2.24, 2.45) is 5.10 Å². The van der Waals surface area contributed by atoms with E-state index in [1.807, 2.05) is 25.1 Å². The number of nitrogens with one attached hydrogen (secondary N) is 2. The molecule has 0 heterocycles. The number of hydrogen-bond donors (Lipinski definition) is 2. The van der Waals surface area contributed by atoms with Gasteiger partial charge >= 0.3 is 0 Å². The molecule has 5 nitrogen and oxygen atoms in total. The van der Waals surface area contributed by atoms with Crippen LogP contribution in [-0.4, -0.2) is 25.0 Å². The normalized spacial score (nSPS) is 11.0. The van der Waals surface area contributed by atoms with E-state index in [0.29, 0.717) is 23.6 Å². The molecule has 2 N–H and O–H groups in total. The first-order chi connectivity index (χ1) is 12.1. The maximum absolute atomic E-state index is 13.6. The van der Waals surface area contributed by atoms with E-state index < -0.39 is 0 Å². The Labute approximate surface area is 151 Å². The van der Waals surface area contributed by atoms with E-state index in [1.54, 1.807) is 32.4 Å². The second kappa shape index (κ2) is 8.98. The number of hydrogen-bond acceptors (Lipinski definition) is 4. The maximum Gasteiger partial charge on any atom is 0.191 e. The molecule has 0 unspecified atom stereocenters. The lowest BCUT2D eigenvalue weighted by Crippen LogP contribution is -2.25. The molecule has 0 aliphatic heterocycles. The van der Waals surface area contributed by atoms with E-state index in [4.69, 9.17) is 21.7 Å². The van der Waals surface area contributed by atoms with Gasteiger partial charge < -0.3 is 14.8 Å². The highest BCUT2D eigenvalue weighted by atomic mass is 32.1. The van der Waals surface area contributed by atoms with Crippen LogP contribution in [0.3, 0.4) is 0 Å². The summed E-state index contributed by atoms with van der Waals surface area (Å²) in [6.45, 7) is 1.98. The monoisotopic (exact) mass is 361 g/mol. The summed E-state index contributed by atoms with van der Waals surface area (Å²) in [5.74, 6) is 0.880. The Kier molecular flexibility index (Phi) is 6.71. The first-order valence-corrected chi connectivity index (χ1v) is 8.10. The summed E-state index contributed by atoms with van der Waals surface area (Å²) in [6, 6.07) is 11.8. The third-order valence-corrected chi connectivity index (χ3v) is 3.66. The van der Waals surface area contributed by atoms with Crippen molar-refractivity contribution in [2.75, 3.05) is 19.5 Å². The zero-order chi connectivity index (χ0) is 18.2. The fourth-order valence-electron chi connectivity index (χ4n) is 2.19. The Hall–Kier alpha value is -2.67. The van der Waals surface area contributed by atoms with Crippen LogP contribution in [0.4, 0.5) is 10.1 Å². The molecule has 0 aliphatic rings. The fraction of sp³-hybridized carbons (Fsp3) is 0.222. The number of methoxy groups -OCH3 is 2. The molecule has 2 rings (SSSR count). The molecule has 132 valence electrons. The van der Waals surface area contributed by atoms with Crippen molar-refractivity contribution in [3.8, 4) is 11.5 Å². The number of nitrogens with zero attached hydrogens (tertiary/aromatic N) is 1. The Morgan fingerprint density at radius 2 is 1.84 bits per heavy atom. The summed E-state index contributed by atoms with van der Waals surface area (Å²) in [4.78, 5) is 0. The summed E-state index contributed by atoms with van der Waals surface area (Å²) >= 11 is 5.16. The van der Waals surface area contributed by atoms with Crippen LogP contribution >= 0.6 is 12.2 Å². The highest BCUT2D eigenvalue weighted by Crippen LogP contribution is 2.28. The van der Waals surface area contributed by atoms with Gasteiger partial charge in [-0.2, -0.15) is 5.10 Å². The third-order valence-electron chi connectivity index (χ3n) is 3.47. The molecule has 7 heteroatoms. The minimum Gasteiger partial charge on any atom is -0.493 e. The summed E-state index contributed by atoms with van der Waals surface area (Å²) in [5, 5.41) is 7.29. The molecule has 0 fully saturated rings. The Morgan fingerprint density at radius 1 is 1.12 bits per heavy atom. The van der Waals surface area contributed by atoms with Gasteiger partial charge in [-0.15, -0.1) is 0 Å². The van der Waals surface area contributed by atoms with Crippen LogP contribution in [0.25, 0.3) is 0 Å². The van der Waals surface area contributed by atoms with Crippen molar-refractivity contribution in [3.05, 3.63) is 53.8 Å². The van der Waals surface area contributed by atoms with Gasteiger partial charge in [0.15, 0.2) is 16.6 Å². The number of hydrazone groups is 1. The number of ether oxygens (including phenoxy) is 2. The van der Waals surface area contributed by atoms with Gasteiger partial charge in [-0.1, -0.05) is 19.1 Å². The number of benzene rings is 2. The highest BCUT2D eigenvalue weighted by Gasteiger charge is 2.09. The quantitative estimate of drug-likeness (QED) is 0.464. The van der Waals surface area contributed by atoms with Crippen molar-refractivity contribution >= 4 is 28.7 Å². The van der Waals surface area contributed by atoms with Gasteiger partial charge in [0.05, 0.1) is 25.6 Å². The Bertz CT molecular complexity index is 781. The minimum absolute atomic E-state index is 0.205. The van der Waals surface area contributed by atoms with Crippen molar-refractivity contribution in [3.63, 3.8) is 0 Å². The molecule has 0 radical (unpaired) electrons. The maximum atomic E-state index is 13.6. The summed E-state index contributed by atoms with van der Waals surface area (Å²) in [6.07, 6.45) is 0.671. The molecule has 0 aliphatic carbocycles. The van der Waals surface area contributed by atoms with Crippen LogP contribution in [0, 0.1) is 5.82 Å². The van der Waals surface area contributed by atoms with Crippen LogP contribution in [-0.2, 0) is 0 Å². The number of halogens is 1. The topological polar surface area (TPSA) is 54.9 Å².